The minimum Gasteiger partial charge on any atom is -0.379 e. The number of rotatable bonds is 6. The van der Waals surface area contributed by atoms with Crippen LogP contribution < -0.4 is 9.62 Å². The van der Waals surface area contributed by atoms with E-state index in [0.717, 1.165) is 24.1 Å². The number of amides is 1. The highest BCUT2D eigenvalue weighted by atomic mass is 32.2. The van der Waals surface area contributed by atoms with E-state index < -0.39 is 21.7 Å². The summed E-state index contributed by atoms with van der Waals surface area (Å²) in [4.78, 5) is 14.2. The number of nitrogens with one attached hydrogen (secondary N) is 1. The Morgan fingerprint density at radius 3 is 2.92 bits per heavy atom. The van der Waals surface area contributed by atoms with E-state index in [1.807, 2.05) is 24.3 Å². The third-order valence-corrected chi connectivity index (χ3v) is 5.85. The fourth-order valence-corrected chi connectivity index (χ4v) is 4.29. The summed E-state index contributed by atoms with van der Waals surface area (Å²) in [6, 6.07) is 7.52. The van der Waals surface area contributed by atoms with Crippen molar-refractivity contribution in [3.8, 4) is 0 Å². The van der Waals surface area contributed by atoms with Crippen molar-refractivity contribution in [3.05, 3.63) is 29.8 Å². The van der Waals surface area contributed by atoms with Gasteiger partial charge in [0.1, 0.15) is 5.75 Å². The summed E-state index contributed by atoms with van der Waals surface area (Å²) in [6.45, 7) is 1.23. The summed E-state index contributed by atoms with van der Waals surface area (Å²) in [5.41, 5.74) is 1.74. The number of hydrogen-bond acceptors (Lipinski definition) is 5. The first-order valence-electron chi connectivity index (χ1n) is 8.48. The van der Waals surface area contributed by atoms with Crippen molar-refractivity contribution in [1.29, 1.82) is 0 Å². The number of methoxy groups -OCH3 is 1. The lowest BCUT2D eigenvalue weighted by atomic mass is 9.99. The second-order valence-electron chi connectivity index (χ2n) is 6.44. The number of sulfonamides is 1. The quantitative estimate of drug-likeness (QED) is 0.799. The molecular formula is C17H24N2O5S. The average molecular weight is 368 g/mol. The molecule has 2 heterocycles. The van der Waals surface area contributed by atoms with Gasteiger partial charge in [0, 0.05) is 32.4 Å². The van der Waals surface area contributed by atoms with Crippen LogP contribution in [-0.2, 0) is 30.7 Å². The molecule has 0 saturated carbocycles. The monoisotopic (exact) mass is 368 g/mol. The first-order chi connectivity index (χ1) is 12.0. The van der Waals surface area contributed by atoms with Crippen LogP contribution in [0.15, 0.2) is 24.3 Å². The van der Waals surface area contributed by atoms with Crippen molar-refractivity contribution >= 4 is 21.6 Å². The molecule has 2 aliphatic rings. The van der Waals surface area contributed by atoms with Crippen LogP contribution in [0.2, 0.25) is 0 Å². The molecule has 1 fully saturated rings. The van der Waals surface area contributed by atoms with Gasteiger partial charge in [-0.25, -0.2) is 13.1 Å². The lowest BCUT2D eigenvalue weighted by Crippen LogP contribution is -2.47. The number of fused-ring (bicyclic) bond motifs is 1. The van der Waals surface area contributed by atoms with E-state index in [1.165, 1.54) is 4.90 Å². The van der Waals surface area contributed by atoms with Crippen molar-refractivity contribution in [3.63, 3.8) is 0 Å². The Bertz CT molecular complexity index is 716. The molecule has 2 atom stereocenters. The number of anilines is 1. The Labute approximate surface area is 148 Å². The zero-order valence-electron chi connectivity index (χ0n) is 14.3. The summed E-state index contributed by atoms with van der Waals surface area (Å²) in [5, 5.41) is 0. The highest BCUT2D eigenvalue weighted by Gasteiger charge is 2.31. The second kappa shape index (κ2) is 7.82. The van der Waals surface area contributed by atoms with E-state index >= 15 is 0 Å². The highest BCUT2D eigenvalue weighted by Crippen LogP contribution is 2.28. The SMILES string of the molecule is CO[C@H]1Cc2ccccc2N(C(=O)CS(=O)(=O)NC[C@H]2CCCO2)C1. The molecule has 138 valence electrons. The van der Waals surface area contributed by atoms with Crippen LogP contribution in [0.4, 0.5) is 5.69 Å². The zero-order valence-corrected chi connectivity index (χ0v) is 15.1. The van der Waals surface area contributed by atoms with E-state index in [1.54, 1.807) is 7.11 Å². The Kier molecular flexibility index (Phi) is 5.73. The molecule has 1 aromatic rings. The number of carbonyl (C=O) groups is 1. The van der Waals surface area contributed by atoms with Gasteiger partial charge in [-0.1, -0.05) is 18.2 Å². The lowest BCUT2D eigenvalue weighted by molar-refractivity contribution is -0.116. The van der Waals surface area contributed by atoms with E-state index in [9.17, 15) is 13.2 Å². The number of nitrogens with zero attached hydrogens (tertiary/aromatic N) is 1. The third kappa shape index (κ3) is 4.58. The van der Waals surface area contributed by atoms with Crippen molar-refractivity contribution in [1.82, 2.24) is 4.72 Å². The van der Waals surface area contributed by atoms with Gasteiger partial charge in [0.05, 0.1) is 18.8 Å². The minimum absolute atomic E-state index is 0.0986. The molecule has 1 N–H and O–H groups in total. The molecule has 1 amide bonds. The Morgan fingerprint density at radius 2 is 2.20 bits per heavy atom. The summed E-state index contributed by atoms with van der Waals surface area (Å²) in [6.07, 6.45) is 2.25. The Balaban J connectivity index is 1.67. The van der Waals surface area contributed by atoms with Crippen LogP contribution in [0.3, 0.4) is 0 Å². The standard InChI is InChI=1S/C17H24N2O5S/c1-23-15-9-13-5-2-3-7-16(13)19(11-15)17(20)12-25(21,22)18-10-14-6-4-8-24-14/h2-3,5,7,14-15,18H,4,6,8-12H2,1H3/t14-,15+/m1/s1. The molecule has 25 heavy (non-hydrogen) atoms. The molecule has 0 radical (unpaired) electrons. The van der Waals surface area contributed by atoms with E-state index in [2.05, 4.69) is 4.72 Å². The van der Waals surface area contributed by atoms with Crippen molar-refractivity contribution < 1.29 is 22.7 Å². The van der Waals surface area contributed by atoms with Crippen molar-refractivity contribution in [2.75, 3.05) is 37.5 Å². The lowest BCUT2D eigenvalue weighted by Gasteiger charge is -2.34. The van der Waals surface area contributed by atoms with Gasteiger partial charge in [-0.15, -0.1) is 0 Å². The summed E-state index contributed by atoms with van der Waals surface area (Å²) in [7, 11) is -2.11. The molecule has 7 nitrogen and oxygen atoms in total. The summed E-state index contributed by atoms with van der Waals surface area (Å²) >= 11 is 0. The second-order valence-corrected chi connectivity index (χ2v) is 8.24. The van der Waals surface area contributed by atoms with Crippen LogP contribution in [-0.4, -0.2) is 59.1 Å². The first kappa shape index (κ1) is 18.3. The van der Waals surface area contributed by atoms with E-state index in [-0.39, 0.29) is 18.8 Å². The van der Waals surface area contributed by atoms with Crippen LogP contribution in [0.5, 0.6) is 0 Å². The zero-order chi connectivity index (χ0) is 17.9. The fourth-order valence-electron chi connectivity index (χ4n) is 3.27. The fraction of sp³-hybridized carbons (Fsp3) is 0.588. The van der Waals surface area contributed by atoms with Crippen molar-refractivity contribution in [2.24, 2.45) is 0 Å². The summed E-state index contributed by atoms with van der Waals surface area (Å²) in [5.74, 6) is -1.03. The van der Waals surface area contributed by atoms with Gasteiger partial charge in [0.2, 0.25) is 15.9 Å². The first-order valence-corrected chi connectivity index (χ1v) is 10.1. The maximum atomic E-state index is 12.7. The van der Waals surface area contributed by atoms with Gasteiger partial charge in [0.25, 0.3) is 0 Å². The number of benzene rings is 1. The molecular weight excluding hydrogens is 344 g/mol. The van der Waals surface area contributed by atoms with Crippen LogP contribution in [0.25, 0.3) is 0 Å². The van der Waals surface area contributed by atoms with Crippen LogP contribution in [0, 0.1) is 0 Å². The molecule has 0 unspecified atom stereocenters. The minimum atomic E-state index is -3.71. The predicted molar refractivity (Wildman–Crippen MR) is 94.1 cm³/mol. The molecule has 0 aliphatic carbocycles. The Morgan fingerprint density at radius 1 is 1.40 bits per heavy atom. The molecule has 0 bridgehead atoms. The highest BCUT2D eigenvalue weighted by molar-refractivity contribution is 7.90. The largest absolute Gasteiger partial charge is 0.379 e. The molecule has 0 aromatic heterocycles. The molecule has 1 saturated heterocycles. The van der Waals surface area contributed by atoms with Gasteiger partial charge < -0.3 is 14.4 Å². The average Bonchev–Trinajstić information content (AvgIpc) is 3.12. The topological polar surface area (TPSA) is 84.9 Å². The number of hydrogen-bond donors (Lipinski definition) is 1. The van der Waals surface area contributed by atoms with Gasteiger partial charge in [0.15, 0.2) is 0 Å². The number of carbonyl (C=O) groups excluding carboxylic acids is 1. The van der Waals surface area contributed by atoms with Crippen molar-refractivity contribution in [2.45, 2.75) is 31.5 Å². The molecule has 2 aliphatic heterocycles. The number of para-hydroxylation sites is 1. The van der Waals surface area contributed by atoms with Gasteiger partial charge in [-0.3, -0.25) is 4.79 Å². The normalized spacial score (nSPS) is 23.5. The molecule has 0 spiro atoms. The van der Waals surface area contributed by atoms with Crippen LogP contribution >= 0.6 is 0 Å². The van der Waals surface area contributed by atoms with E-state index in [4.69, 9.17) is 9.47 Å². The van der Waals surface area contributed by atoms with E-state index in [0.29, 0.717) is 19.6 Å². The smallest absolute Gasteiger partial charge is 0.243 e. The predicted octanol–water partition coefficient (Wildman–Crippen LogP) is 0.689. The van der Waals surface area contributed by atoms with Gasteiger partial charge >= 0.3 is 0 Å². The molecule has 8 heteroatoms. The maximum absolute atomic E-state index is 12.7. The van der Waals surface area contributed by atoms with Gasteiger partial charge in [-0.2, -0.15) is 0 Å². The maximum Gasteiger partial charge on any atom is 0.243 e. The van der Waals surface area contributed by atoms with Crippen LogP contribution in [0.1, 0.15) is 18.4 Å². The molecule has 3 rings (SSSR count). The number of ether oxygens (including phenoxy) is 2. The summed E-state index contributed by atoms with van der Waals surface area (Å²) < 4.78 is 37.8. The third-order valence-electron chi connectivity index (χ3n) is 4.62. The Hall–Kier alpha value is -1.48. The van der Waals surface area contributed by atoms with Gasteiger partial charge in [-0.05, 0) is 24.5 Å². The molecule has 1 aromatic carbocycles.